The van der Waals surface area contributed by atoms with E-state index in [1.165, 1.54) is 0 Å². The normalized spacial score (nSPS) is 7.08. The van der Waals surface area contributed by atoms with Gasteiger partial charge in [0.15, 0.2) is 0 Å². The fourth-order valence-corrected chi connectivity index (χ4v) is 0. The molecule has 0 unspecified atom stereocenters. The molecule has 0 atom stereocenters. The van der Waals surface area contributed by atoms with Crippen LogP contribution >= 0.6 is 0 Å². The Hall–Kier alpha value is 1.70. The maximum absolute atomic E-state index is 8.69. The summed E-state index contributed by atoms with van der Waals surface area (Å²) < 4.78 is 33.1. The van der Waals surface area contributed by atoms with E-state index in [9.17, 15) is 0 Å². The van der Waals surface area contributed by atoms with E-state index in [-0.39, 0.29) is 54.8 Å². The summed E-state index contributed by atoms with van der Waals surface area (Å²) in [5, 5.41) is 25.2. The van der Waals surface area contributed by atoms with Crippen molar-refractivity contribution in [1.29, 1.82) is 0 Å². The first kappa shape index (κ1) is 29.2. The van der Waals surface area contributed by atoms with Crippen LogP contribution in [0.4, 0.5) is 0 Å². The third-order valence-electron chi connectivity index (χ3n) is 0. The summed E-state index contributed by atoms with van der Waals surface area (Å²) in [6, 6.07) is 0. The van der Waals surface area contributed by atoms with Crippen LogP contribution in [-0.2, 0) is 38.1 Å². The van der Waals surface area contributed by atoms with Gasteiger partial charge in [0, 0.05) is 0 Å². The van der Waals surface area contributed by atoms with Gasteiger partial charge in [0.05, 0.1) is 0 Å². The van der Waals surface area contributed by atoms with E-state index in [4.69, 9.17) is 31.1 Å². The topological polar surface area (TPSA) is 147 Å². The molecule has 0 saturated heterocycles. The van der Waals surface area contributed by atoms with Crippen molar-refractivity contribution in [3.63, 3.8) is 0 Å². The Bertz CT molecular complexity index is 133. The number of rotatable bonds is 0. The summed E-state index contributed by atoms with van der Waals surface area (Å²) in [4.78, 5) is 0. The standard InChI is InChI=1S/BO3.Fe.2Li.Mn.H2O.3O/c2-1(3)4;;;;;;;;/h;;;;;1H2;;;/q-3;+2;3*+1;;;;-1/p-1. The van der Waals surface area contributed by atoms with Gasteiger partial charge in [-0.3, -0.25) is 7.32 Å². The van der Waals surface area contributed by atoms with Gasteiger partial charge in [-0.2, -0.15) is 0 Å². The fourth-order valence-electron chi connectivity index (χ4n) is 0. The van der Waals surface area contributed by atoms with E-state index in [2.05, 4.69) is 0 Å². The van der Waals surface area contributed by atoms with E-state index in [0.717, 1.165) is 0 Å². The zero-order valence-electron chi connectivity index (χ0n) is 6.21. The molecule has 0 bridgehead atoms. The average molecular weight is 248 g/mol. The second-order valence-corrected chi connectivity index (χ2v) is 1.92. The predicted molar refractivity (Wildman–Crippen MR) is 9.35 cm³/mol. The molecule has 0 aromatic heterocycles. The monoisotopic (exact) mass is 249 g/mol. The first-order chi connectivity index (χ1) is 3.73. The molecule has 0 aliphatic carbocycles. The van der Waals surface area contributed by atoms with Crippen molar-refractivity contribution in [3.05, 3.63) is 0 Å². The molecule has 0 heterocycles. The Labute approximate surface area is 106 Å². The van der Waals surface area contributed by atoms with Gasteiger partial charge < -0.3 is 15.1 Å². The molecular formula is HBFeLi2MnO7. The molecule has 0 radical (unpaired) electrons. The summed E-state index contributed by atoms with van der Waals surface area (Å²) in [6.45, 7) is 0. The van der Waals surface area contributed by atoms with Crippen molar-refractivity contribution in [2.75, 3.05) is 0 Å². The van der Waals surface area contributed by atoms with Crippen LogP contribution in [0.1, 0.15) is 0 Å². The molecule has 0 saturated carbocycles. The average Bonchev–Trinajstić information content (AvgIpc) is 1.19. The molecule has 0 aliphatic heterocycles. The zero-order chi connectivity index (χ0) is 8.08. The molecule has 0 amide bonds. The number of hydrogen-bond acceptors (Lipinski definition) is 6. The molecule has 1 N–H and O–H groups in total. The van der Waals surface area contributed by atoms with Crippen LogP contribution in [0.2, 0.25) is 0 Å². The Morgan fingerprint density at radius 1 is 1.08 bits per heavy atom. The minimum absolute atomic E-state index is 0. The van der Waals surface area contributed by atoms with Crippen LogP contribution in [0.25, 0.3) is 0 Å². The van der Waals surface area contributed by atoms with Gasteiger partial charge >= 0.3 is 84.2 Å². The first-order valence-corrected chi connectivity index (χ1v) is 3.31. The second-order valence-electron chi connectivity index (χ2n) is 0.685. The van der Waals surface area contributed by atoms with Gasteiger partial charge in [-0.25, -0.2) is 0 Å². The van der Waals surface area contributed by atoms with E-state index in [1.807, 2.05) is 0 Å². The van der Waals surface area contributed by atoms with Crippen LogP contribution in [-0.4, -0.2) is 11.5 Å². The zero-order valence-corrected chi connectivity index (χ0v) is 8.49. The van der Waals surface area contributed by atoms with Crippen LogP contribution in [0.3, 0.4) is 0 Å². The summed E-state index contributed by atoms with van der Waals surface area (Å²) >= 11 is -5.38. The van der Waals surface area contributed by atoms with Crippen molar-refractivity contribution in [3.8, 4) is 0 Å². The van der Waals surface area contributed by atoms with Crippen molar-refractivity contribution in [1.82, 2.24) is 0 Å². The molecule has 63 valence electrons. The third-order valence-corrected chi connectivity index (χ3v) is 0. The molecule has 0 spiro atoms. The summed E-state index contributed by atoms with van der Waals surface area (Å²) in [5.41, 5.74) is 0. The van der Waals surface area contributed by atoms with E-state index in [1.54, 1.807) is 0 Å². The van der Waals surface area contributed by atoms with Gasteiger partial charge in [0.25, 0.3) is 0 Å². The maximum atomic E-state index is 8.69. The third kappa shape index (κ3) is 464. The van der Waals surface area contributed by atoms with Crippen molar-refractivity contribution in [2.45, 2.75) is 0 Å². The molecule has 0 fully saturated rings. The molecule has 0 aliphatic rings. The second kappa shape index (κ2) is 15.2. The Balaban J connectivity index is -0.0000000221. The van der Waals surface area contributed by atoms with Crippen molar-refractivity contribution < 1.29 is 99.3 Å². The van der Waals surface area contributed by atoms with Gasteiger partial charge in [-0.15, -0.1) is 0 Å². The van der Waals surface area contributed by atoms with Crippen molar-refractivity contribution in [2.24, 2.45) is 0 Å². The van der Waals surface area contributed by atoms with Crippen LogP contribution < -0.4 is 57.0 Å². The van der Waals surface area contributed by atoms with Gasteiger partial charge in [-0.1, -0.05) is 0 Å². The predicted octanol–water partition coefficient (Wildman–Crippen LogP) is -11.9. The Morgan fingerprint density at radius 3 is 1.08 bits per heavy atom. The van der Waals surface area contributed by atoms with E-state index in [0.29, 0.717) is 0 Å². The van der Waals surface area contributed by atoms with E-state index < -0.39 is 20.7 Å². The molecule has 0 rings (SSSR count). The molecule has 7 nitrogen and oxygen atoms in total. The SMILES string of the molecule is [Fe+2].[Li+].[Li+].[O-]B([O-])[O-].[O]=[Mn](=[O])([O-])[OH]. The van der Waals surface area contributed by atoms with Crippen LogP contribution in [0.5, 0.6) is 0 Å². The minimum atomic E-state index is -5.38. The molecule has 12 heteroatoms. The van der Waals surface area contributed by atoms with E-state index >= 15 is 0 Å². The van der Waals surface area contributed by atoms with Crippen molar-refractivity contribution >= 4 is 7.32 Å². The summed E-state index contributed by atoms with van der Waals surface area (Å²) in [7, 11) is -2.92. The summed E-state index contributed by atoms with van der Waals surface area (Å²) in [6.07, 6.45) is 0. The van der Waals surface area contributed by atoms with Gasteiger partial charge in [0.1, 0.15) is 0 Å². The molecule has 0 aromatic rings. The molecule has 12 heavy (non-hydrogen) atoms. The molecular weight excluding hydrogens is 247 g/mol. The first-order valence-electron chi connectivity index (χ1n) is 1.34. The Kier molecular flexibility index (Phi) is 36.9. The quantitative estimate of drug-likeness (QED) is 0.419. The summed E-state index contributed by atoms with van der Waals surface area (Å²) in [5.74, 6) is 0. The van der Waals surface area contributed by atoms with Gasteiger partial charge in [-0.05, 0) is 0 Å². The van der Waals surface area contributed by atoms with Gasteiger partial charge in [0.2, 0.25) is 0 Å². The van der Waals surface area contributed by atoms with Crippen LogP contribution in [0.15, 0.2) is 0 Å². The van der Waals surface area contributed by atoms with Crippen LogP contribution in [0, 0.1) is 0 Å². The molecule has 0 aromatic carbocycles. The number of hydrogen-bond donors (Lipinski definition) is 1. The Morgan fingerprint density at radius 2 is 1.08 bits per heavy atom. The fraction of sp³-hybridized carbons (Fsp3) is 0.